The van der Waals surface area contributed by atoms with Crippen LogP contribution in [0.4, 0.5) is 0 Å². The summed E-state index contributed by atoms with van der Waals surface area (Å²) in [7, 11) is 1.31. The zero-order valence-corrected chi connectivity index (χ0v) is 12.8. The number of carbonyl (C=O) groups is 2. The van der Waals surface area contributed by atoms with Crippen molar-refractivity contribution < 1.29 is 14.3 Å². The van der Waals surface area contributed by atoms with Crippen LogP contribution in [0.3, 0.4) is 0 Å². The molecule has 0 aliphatic heterocycles. The molecule has 0 bridgehead atoms. The van der Waals surface area contributed by atoms with E-state index in [-0.39, 0.29) is 11.8 Å². The van der Waals surface area contributed by atoms with E-state index in [2.05, 4.69) is 5.32 Å². The fraction of sp³-hybridized carbons (Fsp3) is 0.500. The van der Waals surface area contributed by atoms with Crippen LogP contribution in [0.15, 0.2) is 30.3 Å². The Morgan fingerprint density at radius 1 is 1.24 bits per heavy atom. The van der Waals surface area contributed by atoms with Crippen LogP contribution in [-0.4, -0.2) is 31.1 Å². The highest BCUT2D eigenvalue weighted by atomic mass is 16.5. The van der Waals surface area contributed by atoms with E-state index in [4.69, 9.17) is 10.5 Å². The Kier molecular flexibility index (Phi) is 6.88. The molecule has 5 nitrogen and oxygen atoms in total. The van der Waals surface area contributed by atoms with Crippen LogP contribution in [0.25, 0.3) is 0 Å². The molecule has 0 aliphatic carbocycles. The van der Waals surface area contributed by atoms with Crippen LogP contribution in [0, 0.1) is 5.92 Å². The predicted octanol–water partition coefficient (Wildman–Crippen LogP) is 1.26. The topological polar surface area (TPSA) is 81.4 Å². The Morgan fingerprint density at radius 3 is 2.38 bits per heavy atom. The van der Waals surface area contributed by atoms with Gasteiger partial charge in [0.25, 0.3) is 0 Å². The van der Waals surface area contributed by atoms with E-state index in [0.717, 1.165) is 5.56 Å². The number of nitrogens with one attached hydrogen (secondary N) is 1. The number of carbonyl (C=O) groups excluding carboxylic acids is 2. The maximum Gasteiger partial charge on any atom is 0.328 e. The number of benzene rings is 1. The largest absolute Gasteiger partial charge is 0.467 e. The lowest BCUT2D eigenvalue weighted by Crippen LogP contribution is -2.49. The van der Waals surface area contributed by atoms with Gasteiger partial charge in [0.15, 0.2) is 0 Å². The van der Waals surface area contributed by atoms with Gasteiger partial charge in [-0.25, -0.2) is 4.79 Å². The molecular weight excluding hydrogens is 268 g/mol. The van der Waals surface area contributed by atoms with Crippen molar-refractivity contribution in [1.82, 2.24) is 5.32 Å². The van der Waals surface area contributed by atoms with Gasteiger partial charge in [-0.1, -0.05) is 44.2 Å². The molecule has 21 heavy (non-hydrogen) atoms. The molecular formula is C16H24N2O3. The first-order chi connectivity index (χ1) is 9.93. The van der Waals surface area contributed by atoms with Crippen molar-refractivity contribution >= 4 is 11.9 Å². The van der Waals surface area contributed by atoms with Gasteiger partial charge in [-0.3, -0.25) is 4.79 Å². The number of rotatable bonds is 7. The molecule has 0 spiro atoms. The van der Waals surface area contributed by atoms with Gasteiger partial charge in [-0.2, -0.15) is 0 Å². The van der Waals surface area contributed by atoms with Crippen LogP contribution in [-0.2, 0) is 20.7 Å². The van der Waals surface area contributed by atoms with Gasteiger partial charge in [0, 0.05) is 0 Å². The number of hydrogen-bond acceptors (Lipinski definition) is 4. The zero-order chi connectivity index (χ0) is 15.8. The summed E-state index contributed by atoms with van der Waals surface area (Å²) < 4.78 is 4.72. The highest BCUT2D eigenvalue weighted by Crippen LogP contribution is 2.07. The first kappa shape index (κ1) is 17.2. The number of amides is 1. The Balaban J connectivity index is 2.61. The van der Waals surface area contributed by atoms with Crippen LogP contribution >= 0.6 is 0 Å². The Labute approximate surface area is 125 Å². The van der Waals surface area contributed by atoms with Gasteiger partial charge >= 0.3 is 5.97 Å². The van der Waals surface area contributed by atoms with Crippen molar-refractivity contribution in [3.05, 3.63) is 35.9 Å². The molecule has 3 N–H and O–H groups in total. The molecule has 0 heterocycles. The average molecular weight is 292 g/mol. The summed E-state index contributed by atoms with van der Waals surface area (Å²) in [5.41, 5.74) is 6.89. The zero-order valence-electron chi connectivity index (χ0n) is 12.8. The molecule has 0 aromatic heterocycles. The Morgan fingerprint density at radius 2 is 1.86 bits per heavy atom. The monoisotopic (exact) mass is 292 g/mol. The fourth-order valence-electron chi connectivity index (χ4n) is 2.07. The summed E-state index contributed by atoms with van der Waals surface area (Å²) >= 11 is 0. The van der Waals surface area contributed by atoms with Crippen molar-refractivity contribution in [3.8, 4) is 0 Å². The van der Waals surface area contributed by atoms with E-state index < -0.39 is 18.1 Å². The molecule has 2 atom stereocenters. The molecule has 5 heteroatoms. The highest BCUT2D eigenvalue weighted by molar-refractivity contribution is 5.87. The van der Waals surface area contributed by atoms with E-state index in [0.29, 0.717) is 12.8 Å². The normalized spacial score (nSPS) is 13.6. The maximum absolute atomic E-state index is 12.1. The molecule has 1 amide bonds. The third kappa shape index (κ3) is 5.95. The van der Waals surface area contributed by atoms with Crippen LogP contribution < -0.4 is 11.1 Å². The minimum Gasteiger partial charge on any atom is -0.467 e. The number of hydrogen-bond donors (Lipinski definition) is 2. The minimum atomic E-state index is -0.688. The lowest BCUT2D eigenvalue weighted by atomic mass is 10.0. The number of methoxy groups -OCH3 is 1. The second kappa shape index (κ2) is 8.42. The van der Waals surface area contributed by atoms with E-state index in [1.807, 2.05) is 44.2 Å². The van der Waals surface area contributed by atoms with Gasteiger partial charge in [0.1, 0.15) is 6.04 Å². The van der Waals surface area contributed by atoms with E-state index in [1.165, 1.54) is 7.11 Å². The van der Waals surface area contributed by atoms with Crippen molar-refractivity contribution in [2.24, 2.45) is 11.7 Å². The molecule has 116 valence electrons. The summed E-state index contributed by atoms with van der Waals surface area (Å²) in [6.07, 6.45) is 0.957. The van der Waals surface area contributed by atoms with Crippen molar-refractivity contribution in [2.45, 2.75) is 38.8 Å². The molecule has 0 unspecified atom stereocenters. The summed E-state index contributed by atoms with van der Waals surface area (Å²) in [5, 5.41) is 2.68. The number of esters is 1. The molecule has 0 saturated heterocycles. The standard InChI is InChI=1S/C16H24N2O3/c1-11(2)9-14(16(20)21-3)18-15(19)13(17)10-12-7-5-4-6-8-12/h4-8,11,13-14H,9-10,17H2,1-3H3,(H,18,19)/t13-,14+/m1/s1. The second-order valence-electron chi connectivity index (χ2n) is 5.51. The molecule has 1 aromatic rings. The predicted molar refractivity (Wildman–Crippen MR) is 81.5 cm³/mol. The molecule has 1 aromatic carbocycles. The number of ether oxygens (including phenoxy) is 1. The lowest BCUT2D eigenvalue weighted by molar-refractivity contribution is -0.145. The lowest BCUT2D eigenvalue weighted by Gasteiger charge is -2.20. The van der Waals surface area contributed by atoms with E-state index in [1.54, 1.807) is 0 Å². The summed E-state index contributed by atoms with van der Waals surface area (Å²) in [6.45, 7) is 3.96. The third-order valence-electron chi connectivity index (χ3n) is 3.14. The quantitative estimate of drug-likeness (QED) is 0.741. The Hall–Kier alpha value is -1.88. The smallest absolute Gasteiger partial charge is 0.328 e. The SMILES string of the molecule is COC(=O)[C@H](CC(C)C)NC(=O)[C@H](N)Cc1ccccc1. The molecule has 0 fully saturated rings. The fourth-order valence-corrected chi connectivity index (χ4v) is 2.07. The first-order valence-electron chi connectivity index (χ1n) is 7.11. The second-order valence-corrected chi connectivity index (χ2v) is 5.51. The molecule has 0 saturated carbocycles. The van der Waals surface area contributed by atoms with E-state index in [9.17, 15) is 9.59 Å². The average Bonchev–Trinajstić information content (AvgIpc) is 2.46. The number of nitrogens with two attached hydrogens (primary N) is 1. The van der Waals surface area contributed by atoms with Gasteiger partial charge in [0.2, 0.25) is 5.91 Å². The molecule has 1 rings (SSSR count). The van der Waals surface area contributed by atoms with Crippen molar-refractivity contribution in [3.63, 3.8) is 0 Å². The Bertz CT molecular complexity index is 460. The van der Waals surface area contributed by atoms with Gasteiger partial charge in [0.05, 0.1) is 13.2 Å². The van der Waals surface area contributed by atoms with Crippen LogP contribution in [0.2, 0.25) is 0 Å². The van der Waals surface area contributed by atoms with Gasteiger partial charge < -0.3 is 15.8 Å². The summed E-state index contributed by atoms with van der Waals surface area (Å²) in [5.74, 6) is -0.515. The summed E-state index contributed by atoms with van der Waals surface area (Å²) in [6, 6.07) is 8.20. The van der Waals surface area contributed by atoms with Crippen LogP contribution in [0.1, 0.15) is 25.8 Å². The van der Waals surface area contributed by atoms with Gasteiger partial charge in [-0.05, 0) is 24.3 Å². The first-order valence-corrected chi connectivity index (χ1v) is 7.11. The van der Waals surface area contributed by atoms with Crippen LogP contribution in [0.5, 0.6) is 0 Å². The highest BCUT2D eigenvalue weighted by Gasteiger charge is 2.25. The van der Waals surface area contributed by atoms with Crippen molar-refractivity contribution in [2.75, 3.05) is 7.11 Å². The third-order valence-corrected chi connectivity index (χ3v) is 3.14. The molecule has 0 radical (unpaired) electrons. The van der Waals surface area contributed by atoms with Crippen molar-refractivity contribution in [1.29, 1.82) is 0 Å². The van der Waals surface area contributed by atoms with E-state index >= 15 is 0 Å². The minimum absolute atomic E-state index is 0.264. The summed E-state index contributed by atoms with van der Waals surface area (Å²) in [4.78, 5) is 23.8. The molecule has 0 aliphatic rings. The maximum atomic E-state index is 12.1. The van der Waals surface area contributed by atoms with Gasteiger partial charge in [-0.15, -0.1) is 0 Å².